The van der Waals surface area contributed by atoms with E-state index in [2.05, 4.69) is 15.0 Å². The highest BCUT2D eigenvalue weighted by molar-refractivity contribution is 7.61. The number of hydrogen-bond acceptors (Lipinski definition) is 7. The molecule has 0 heterocycles. The van der Waals surface area contributed by atoms with E-state index in [4.69, 9.17) is 0 Å². The van der Waals surface area contributed by atoms with Crippen LogP contribution in [0.15, 0.2) is 77.2 Å². The van der Waals surface area contributed by atoms with Crippen molar-refractivity contribution in [3.05, 3.63) is 95.1 Å². The maximum atomic E-state index is 12.3. The summed E-state index contributed by atoms with van der Waals surface area (Å²) in [5.41, 5.74) is 3.37. The molecule has 2 atom stereocenters. The zero-order valence-corrected chi connectivity index (χ0v) is 20.2. The number of carbonyl (C=O) groups is 1. The molecule has 0 bridgehead atoms. The summed E-state index contributed by atoms with van der Waals surface area (Å²) in [4.78, 5) is 12.3. The minimum absolute atomic E-state index is 0. The van der Waals surface area contributed by atoms with Crippen LogP contribution < -0.4 is 10.6 Å². The largest absolute Gasteiger partial charge is 0.506 e. The first kappa shape index (κ1) is 28.7. The van der Waals surface area contributed by atoms with Gasteiger partial charge >= 0.3 is 10.5 Å². The van der Waals surface area contributed by atoms with Crippen LogP contribution in [0.1, 0.15) is 42.7 Å². The van der Waals surface area contributed by atoms with E-state index >= 15 is 0 Å². The van der Waals surface area contributed by atoms with Gasteiger partial charge in [0.25, 0.3) is 0 Å². The van der Waals surface area contributed by atoms with Gasteiger partial charge in [0.2, 0.25) is 5.91 Å². The lowest BCUT2D eigenvalue weighted by Crippen LogP contribution is -2.32. The topological polar surface area (TPSA) is 128 Å². The molecule has 3 aromatic carbocycles. The molecule has 0 aromatic heterocycles. The van der Waals surface area contributed by atoms with Gasteiger partial charge in [0, 0.05) is 19.1 Å². The van der Waals surface area contributed by atoms with E-state index in [1.807, 2.05) is 61.5 Å². The zero-order valence-electron chi connectivity index (χ0n) is 19.4. The molecule has 0 saturated heterocycles. The smallest absolute Gasteiger partial charge is 0.316 e. The molecule has 0 saturated carbocycles. The second-order valence-corrected chi connectivity index (χ2v) is 8.96. The van der Waals surface area contributed by atoms with Crippen molar-refractivity contribution < 1.29 is 23.4 Å². The van der Waals surface area contributed by atoms with Crippen LogP contribution >= 0.6 is 0 Å². The summed E-state index contributed by atoms with van der Waals surface area (Å²) in [6.45, 7) is 2.71. The molecule has 0 spiro atoms. The van der Waals surface area contributed by atoms with Gasteiger partial charge in [-0.15, -0.1) is 4.36 Å². The number of aromatic hydroxyl groups is 1. The fraction of sp³-hybridized carbons (Fsp3) is 0.296. The average Bonchev–Trinajstić information content (AvgIpc) is 2.83. The molecule has 9 heteroatoms. The molecule has 36 heavy (non-hydrogen) atoms. The molecule has 3 rings (SSSR count). The fourth-order valence-corrected chi connectivity index (χ4v) is 3.98. The molecule has 0 unspecified atom stereocenters. The third kappa shape index (κ3) is 9.26. The predicted octanol–water partition coefficient (Wildman–Crippen LogP) is 3.84. The van der Waals surface area contributed by atoms with Crippen LogP contribution in [0, 0.1) is 0 Å². The van der Waals surface area contributed by atoms with Crippen molar-refractivity contribution in [1.82, 2.24) is 10.6 Å². The normalized spacial score (nSPS) is 12.2. The first-order chi connectivity index (χ1) is 16.8. The molecule has 4 N–H and O–H groups in total. The number of nitrogens with one attached hydrogen (secondary N) is 2. The summed E-state index contributed by atoms with van der Waals surface area (Å²) >= 11 is 0. The Morgan fingerprint density at radius 2 is 1.67 bits per heavy atom. The lowest BCUT2D eigenvalue weighted by Gasteiger charge is -2.18. The number of carbonyl (C=O) groups excluding carboxylic acids is 1. The van der Waals surface area contributed by atoms with E-state index < -0.39 is 16.6 Å². The van der Waals surface area contributed by atoms with Gasteiger partial charge in [-0.25, -0.2) is 0 Å². The Kier molecular flexibility index (Phi) is 11.3. The van der Waals surface area contributed by atoms with E-state index in [1.165, 1.54) is 18.2 Å². The van der Waals surface area contributed by atoms with Crippen molar-refractivity contribution in [3.63, 3.8) is 0 Å². The third-order valence-electron chi connectivity index (χ3n) is 5.45. The van der Waals surface area contributed by atoms with E-state index in [-0.39, 0.29) is 37.4 Å². The number of hydrogen-bond donors (Lipinski definition) is 4. The number of aliphatic hydroxyl groups is 1. The third-order valence-corrected chi connectivity index (χ3v) is 5.79. The lowest BCUT2D eigenvalue weighted by atomic mass is 10.0. The highest BCUT2D eigenvalue weighted by atomic mass is 32.2. The summed E-state index contributed by atoms with van der Waals surface area (Å²) < 4.78 is 24.9. The van der Waals surface area contributed by atoms with Crippen LogP contribution in [0.25, 0.3) is 0 Å². The van der Waals surface area contributed by atoms with Gasteiger partial charge < -0.3 is 20.8 Å². The van der Waals surface area contributed by atoms with Gasteiger partial charge in [0.1, 0.15) is 11.4 Å². The monoisotopic (exact) mass is 511 g/mol. The van der Waals surface area contributed by atoms with E-state index in [0.29, 0.717) is 24.9 Å². The van der Waals surface area contributed by atoms with Crippen molar-refractivity contribution in [2.75, 3.05) is 6.54 Å². The highest BCUT2D eigenvalue weighted by Crippen LogP contribution is 2.29. The number of benzene rings is 3. The first-order valence-electron chi connectivity index (χ1n) is 11.2. The second kappa shape index (κ2) is 14.1. The van der Waals surface area contributed by atoms with Crippen LogP contribution in [-0.4, -0.2) is 37.1 Å². The maximum Gasteiger partial charge on any atom is 0.316 e. The van der Waals surface area contributed by atoms with Gasteiger partial charge in [-0.05, 0) is 47.7 Å². The van der Waals surface area contributed by atoms with Crippen LogP contribution in [-0.2, 0) is 34.7 Å². The molecule has 1 amide bonds. The molecule has 0 aliphatic carbocycles. The van der Waals surface area contributed by atoms with Crippen molar-refractivity contribution >= 4 is 22.1 Å². The van der Waals surface area contributed by atoms with Crippen LogP contribution in [0.4, 0.5) is 5.69 Å². The number of rotatable bonds is 11. The highest BCUT2D eigenvalue weighted by Gasteiger charge is 2.13. The molecule has 0 radical (unpaired) electrons. The maximum absolute atomic E-state index is 12.3. The molecule has 192 valence electrons. The van der Waals surface area contributed by atoms with Crippen molar-refractivity contribution in [2.45, 2.75) is 45.9 Å². The molecule has 0 fully saturated rings. The molecular formula is C27H33N3O5S. The van der Waals surface area contributed by atoms with Crippen molar-refractivity contribution in [3.8, 4) is 5.75 Å². The Labute approximate surface area is 213 Å². The van der Waals surface area contributed by atoms with Gasteiger partial charge in [0.05, 0.1) is 12.5 Å². The van der Waals surface area contributed by atoms with Crippen molar-refractivity contribution in [2.24, 2.45) is 4.36 Å². The molecule has 8 nitrogen and oxygen atoms in total. The van der Waals surface area contributed by atoms with E-state index in [1.54, 1.807) is 0 Å². The minimum atomic E-state index is -2.71. The van der Waals surface area contributed by atoms with Gasteiger partial charge in [0.15, 0.2) is 0 Å². The number of phenolic OH excluding ortho intramolecular Hbond substituents is 1. The SMILES string of the molecule is C.C[C@H](Cc1cccc(CC(=O)NCc2ccccc2)c1)NC[C@H](O)c1ccc(O)c(N=S(=O)=O)c1. The molecule has 0 aliphatic rings. The van der Waals surface area contributed by atoms with Crippen molar-refractivity contribution in [1.29, 1.82) is 0 Å². The minimum Gasteiger partial charge on any atom is -0.506 e. The Balaban J connectivity index is 0.00000456. The molecular weight excluding hydrogens is 478 g/mol. The summed E-state index contributed by atoms with van der Waals surface area (Å²) in [6.07, 6.45) is 0.0768. The van der Waals surface area contributed by atoms with Crippen LogP contribution in [0.2, 0.25) is 0 Å². The Bertz CT molecular complexity index is 1270. The summed E-state index contributed by atoms with van der Waals surface area (Å²) in [5, 5.41) is 26.4. The number of nitrogens with zero attached hydrogens (tertiary/aromatic N) is 1. The van der Waals surface area contributed by atoms with Gasteiger partial charge in [-0.3, -0.25) is 4.79 Å². The number of phenols is 1. The predicted molar refractivity (Wildman–Crippen MR) is 140 cm³/mol. The van der Waals surface area contributed by atoms with Gasteiger partial charge in [-0.1, -0.05) is 68.1 Å². The lowest BCUT2D eigenvalue weighted by molar-refractivity contribution is -0.120. The van der Waals surface area contributed by atoms with Crippen LogP contribution in [0.3, 0.4) is 0 Å². The first-order valence-corrected chi connectivity index (χ1v) is 12.3. The molecule has 0 aliphatic heterocycles. The average molecular weight is 512 g/mol. The standard InChI is InChI=1S/C26H29N3O5S.CH4/c1-18(27-17-25(31)22-10-11-24(30)23(15-22)29-35(33)34)12-20-8-5-9-21(13-20)14-26(32)28-16-19-6-3-2-4-7-19;/h2-11,13,15,18,25,27,30-31H,12,14,16-17H2,1H3,(H,28,32);1H4/t18-,25+;/m1./s1. The second-order valence-electron chi connectivity index (χ2n) is 8.34. The summed E-state index contributed by atoms with van der Waals surface area (Å²) in [6, 6.07) is 21.8. The van der Waals surface area contributed by atoms with E-state index in [0.717, 1.165) is 16.7 Å². The summed E-state index contributed by atoms with van der Waals surface area (Å²) in [5.74, 6) is -0.318. The van der Waals surface area contributed by atoms with Crippen LogP contribution in [0.5, 0.6) is 5.75 Å². The zero-order chi connectivity index (χ0) is 25.2. The summed E-state index contributed by atoms with van der Waals surface area (Å²) in [7, 11) is -2.71. The quantitative estimate of drug-likeness (QED) is 0.310. The van der Waals surface area contributed by atoms with Gasteiger partial charge in [-0.2, -0.15) is 8.42 Å². The number of aliphatic hydroxyl groups excluding tert-OH is 1. The number of amides is 1. The Morgan fingerprint density at radius 3 is 2.39 bits per heavy atom. The van der Waals surface area contributed by atoms with E-state index in [9.17, 15) is 23.4 Å². The molecule has 3 aromatic rings. The Morgan fingerprint density at radius 1 is 0.972 bits per heavy atom. The Hall–Kier alpha value is -3.53. The fourth-order valence-electron chi connectivity index (χ4n) is 3.67.